The third-order valence-electron chi connectivity index (χ3n) is 1.19. The Bertz CT molecular complexity index is 23.1. The van der Waals surface area contributed by atoms with Gasteiger partial charge in [0.25, 0.3) is 0 Å². The highest BCUT2D eigenvalue weighted by molar-refractivity contribution is 4.40. The Balaban J connectivity index is 2.75. The van der Waals surface area contributed by atoms with Gasteiger partial charge in [-0.05, 0) is 6.42 Å². The van der Waals surface area contributed by atoms with E-state index in [0.717, 1.165) is 12.5 Å². The fourth-order valence-electron chi connectivity index (χ4n) is 0.204. The molecule has 0 aliphatic heterocycles. The monoisotopic (exact) mass is 88.1 g/mol. The van der Waals surface area contributed by atoms with Crippen molar-refractivity contribution < 1.29 is 5.73 Å². The minimum atomic E-state index is 0.824. The summed E-state index contributed by atoms with van der Waals surface area (Å²) in [5.41, 5.74) is 3.76. The van der Waals surface area contributed by atoms with Crippen molar-refractivity contribution in [3.8, 4) is 0 Å². The van der Waals surface area contributed by atoms with Crippen LogP contribution in [0.25, 0.3) is 0 Å². The third kappa shape index (κ3) is 2.21. The summed E-state index contributed by atoms with van der Waals surface area (Å²) in [4.78, 5) is 0. The van der Waals surface area contributed by atoms with Crippen molar-refractivity contribution in [3.05, 3.63) is 0 Å². The lowest BCUT2D eigenvalue weighted by Gasteiger charge is -1.96. The molecule has 6 heavy (non-hydrogen) atoms. The molecule has 1 heteroatoms. The summed E-state index contributed by atoms with van der Waals surface area (Å²) >= 11 is 0. The van der Waals surface area contributed by atoms with Gasteiger partial charge in [-0.25, -0.2) is 0 Å². The zero-order valence-electron chi connectivity index (χ0n) is 4.70. The zero-order chi connectivity index (χ0) is 4.99. The second-order valence-electron chi connectivity index (χ2n) is 1.80. The largest absolute Gasteiger partial charge is 0.357 e. The van der Waals surface area contributed by atoms with Crippen LogP contribution in [0.1, 0.15) is 20.3 Å². The predicted molar refractivity (Wildman–Crippen MR) is 27.2 cm³/mol. The van der Waals surface area contributed by atoms with Crippen molar-refractivity contribution in [1.82, 2.24) is 0 Å². The lowest BCUT2D eigenvalue weighted by atomic mass is 10.1. The van der Waals surface area contributed by atoms with Crippen LogP contribution < -0.4 is 5.73 Å². The van der Waals surface area contributed by atoms with Gasteiger partial charge in [-0.15, -0.1) is 0 Å². The number of rotatable bonds is 2. The lowest BCUT2D eigenvalue weighted by Crippen LogP contribution is -2.52. The molecule has 0 aromatic heterocycles. The van der Waals surface area contributed by atoms with Crippen LogP contribution in [-0.2, 0) is 0 Å². The number of hydrogen-bond acceptors (Lipinski definition) is 0. The van der Waals surface area contributed by atoms with E-state index < -0.39 is 0 Å². The van der Waals surface area contributed by atoms with Gasteiger partial charge in [-0.1, -0.05) is 13.8 Å². The smallest absolute Gasteiger partial charge is 0.0765 e. The quantitative estimate of drug-likeness (QED) is 0.502. The molecule has 0 rings (SSSR count). The van der Waals surface area contributed by atoms with Gasteiger partial charge in [0, 0.05) is 5.92 Å². The van der Waals surface area contributed by atoms with E-state index in [1.807, 2.05) is 0 Å². The average molecular weight is 88.2 g/mol. The SMILES string of the molecule is CCC(C)C[NH3+]. The van der Waals surface area contributed by atoms with Gasteiger partial charge < -0.3 is 5.73 Å². The average Bonchev–Trinajstić information content (AvgIpc) is 1.65. The summed E-state index contributed by atoms with van der Waals surface area (Å²) in [6.45, 7) is 5.49. The molecule has 0 amide bonds. The highest BCUT2D eigenvalue weighted by Gasteiger charge is 1.92. The van der Waals surface area contributed by atoms with Crippen LogP contribution in [0.2, 0.25) is 0 Å². The van der Waals surface area contributed by atoms with Gasteiger partial charge in [-0.2, -0.15) is 0 Å². The van der Waals surface area contributed by atoms with E-state index in [4.69, 9.17) is 0 Å². The van der Waals surface area contributed by atoms with E-state index in [2.05, 4.69) is 19.6 Å². The number of hydrogen-bond donors (Lipinski definition) is 1. The Kier molecular flexibility index (Phi) is 3.14. The molecule has 0 saturated carbocycles. The normalized spacial score (nSPS) is 14.5. The van der Waals surface area contributed by atoms with E-state index in [1.165, 1.54) is 6.42 Å². The van der Waals surface area contributed by atoms with Crippen LogP contribution in [0.4, 0.5) is 0 Å². The van der Waals surface area contributed by atoms with Gasteiger partial charge in [0.1, 0.15) is 0 Å². The molecule has 1 nitrogen and oxygen atoms in total. The second-order valence-corrected chi connectivity index (χ2v) is 1.80. The highest BCUT2D eigenvalue weighted by Crippen LogP contribution is 1.92. The Labute approximate surface area is 39.5 Å². The first-order valence-electron chi connectivity index (χ1n) is 2.60. The molecule has 0 bridgehead atoms. The Morgan fingerprint density at radius 2 is 2.17 bits per heavy atom. The van der Waals surface area contributed by atoms with Crippen LogP contribution in [0, 0.1) is 5.92 Å². The van der Waals surface area contributed by atoms with Crippen LogP contribution >= 0.6 is 0 Å². The third-order valence-corrected chi connectivity index (χ3v) is 1.19. The molecule has 0 fully saturated rings. The molecule has 1 atom stereocenters. The van der Waals surface area contributed by atoms with Crippen molar-refractivity contribution in [1.29, 1.82) is 0 Å². The van der Waals surface area contributed by atoms with E-state index in [1.54, 1.807) is 0 Å². The van der Waals surface area contributed by atoms with Gasteiger partial charge in [0.05, 0.1) is 6.54 Å². The molecule has 1 unspecified atom stereocenters. The fourth-order valence-corrected chi connectivity index (χ4v) is 0.204. The van der Waals surface area contributed by atoms with Crippen LogP contribution in [0.15, 0.2) is 0 Å². The molecule has 38 valence electrons. The molecule has 0 aromatic carbocycles. The first-order chi connectivity index (χ1) is 2.81. The minimum absolute atomic E-state index is 0.824. The molecule has 0 saturated heterocycles. The van der Waals surface area contributed by atoms with Gasteiger partial charge in [0.15, 0.2) is 0 Å². The maximum Gasteiger partial charge on any atom is 0.0765 e. The van der Waals surface area contributed by atoms with Gasteiger partial charge in [0.2, 0.25) is 0 Å². The lowest BCUT2D eigenvalue weighted by molar-refractivity contribution is -0.378. The van der Waals surface area contributed by atoms with Crippen LogP contribution in [0.5, 0.6) is 0 Å². The first kappa shape index (κ1) is 5.96. The van der Waals surface area contributed by atoms with E-state index in [9.17, 15) is 0 Å². The van der Waals surface area contributed by atoms with E-state index in [-0.39, 0.29) is 0 Å². The summed E-state index contributed by atoms with van der Waals surface area (Å²) < 4.78 is 0. The Morgan fingerprint density at radius 3 is 2.17 bits per heavy atom. The van der Waals surface area contributed by atoms with E-state index in [0.29, 0.717) is 0 Å². The van der Waals surface area contributed by atoms with Crippen LogP contribution in [-0.4, -0.2) is 6.54 Å². The first-order valence-corrected chi connectivity index (χ1v) is 2.60. The zero-order valence-corrected chi connectivity index (χ0v) is 4.70. The summed E-state index contributed by atoms with van der Waals surface area (Å²) in [5, 5.41) is 0. The summed E-state index contributed by atoms with van der Waals surface area (Å²) in [6.07, 6.45) is 1.27. The van der Waals surface area contributed by atoms with Gasteiger partial charge in [-0.3, -0.25) is 0 Å². The van der Waals surface area contributed by atoms with E-state index >= 15 is 0 Å². The van der Waals surface area contributed by atoms with Gasteiger partial charge >= 0.3 is 0 Å². The van der Waals surface area contributed by atoms with Crippen molar-refractivity contribution in [2.24, 2.45) is 5.92 Å². The Morgan fingerprint density at radius 1 is 1.67 bits per heavy atom. The summed E-state index contributed by atoms with van der Waals surface area (Å²) in [6, 6.07) is 0. The minimum Gasteiger partial charge on any atom is -0.357 e. The maximum atomic E-state index is 3.76. The standard InChI is InChI=1S/C5H13N/c1-3-5(2)4-6/h5H,3-4,6H2,1-2H3/p+1. The summed E-state index contributed by atoms with van der Waals surface area (Å²) in [5.74, 6) is 0.824. The molecule has 0 spiro atoms. The van der Waals surface area contributed by atoms with Crippen molar-refractivity contribution >= 4 is 0 Å². The second kappa shape index (κ2) is 3.16. The molecule has 0 aromatic rings. The fraction of sp³-hybridized carbons (Fsp3) is 1.00. The molecule has 3 N–H and O–H groups in total. The molecule has 0 radical (unpaired) electrons. The summed E-state index contributed by atoms with van der Waals surface area (Å²) in [7, 11) is 0. The molecular formula is C5H14N+. The molecule has 0 aliphatic rings. The Hall–Kier alpha value is -0.0400. The molecular weight excluding hydrogens is 74.1 g/mol. The highest BCUT2D eigenvalue weighted by atomic mass is 14.5. The van der Waals surface area contributed by atoms with Crippen molar-refractivity contribution in [3.63, 3.8) is 0 Å². The number of quaternary nitrogens is 1. The maximum absolute atomic E-state index is 3.76. The molecule has 0 aliphatic carbocycles. The van der Waals surface area contributed by atoms with Crippen molar-refractivity contribution in [2.45, 2.75) is 20.3 Å². The predicted octanol–water partition coefficient (Wildman–Crippen LogP) is 0.274. The van der Waals surface area contributed by atoms with Crippen LogP contribution in [0.3, 0.4) is 0 Å². The van der Waals surface area contributed by atoms with Crippen molar-refractivity contribution in [2.75, 3.05) is 6.54 Å². The molecule has 0 heterocycles. The topological polar surface area (TPSA) is 27.6 Å².